The van der Waals surface area contributed by atoms with Crippen LogP contribution in [-0.4, -0.2) is 5.11 Å². The molecule has 0 unspecified atom stereocenters. The van der Waals surface area contributed by atoms with Crippen LogP contribution in [0.3, 0.4) is 0 Å². The van der Waals surface area contributed by atoms with E-state index in [1.807, 2.05) is 6.07 Å². The van der Waals surface area contributed by atoms with Crippen LogP contribution >= 0.6 is 15.9 Å². The number of nitrogens with zero attached hydrogens (tertiary/aromatic N) is 1. The average molecular weight is 212 g/mol. The minimum atomic E-state index is 0.201. The van der Waals surface area contributed by atoms with E-state index in [2.05, 4.69) is 15.9 Å². The van der Waals surface area contributed by atoms with E-state index in [1.165, 1.54) is 0 Å². The van der Waals surface area contributed by atoms with Gasteiger partial charge in [0.05, 0.1) is 17.0 Å². The number of hydrogen-bond acceptors (Lipinski definition) is 2. The Morgan fingerprint density at radius 2 is 2.27 bits per heavy atom. The van der Waals surface area contributed by atoms with E-state index in [-0.39, 0.29) is 5.75 Å². The van der Waals surface area contributed by atoms with Crippen LogP contribution in [0.4, 0.5) is 0 Å². The van der Waals surface area contributed by atoms with Gasteiger partial charge >= 0.3 is 0 Å². The van der Waals surface area contributed by atoms with Crippen molar-refractivity contribution in [2.75, 3.05) is 0 Å². The molecule has 0 aromatic heterocycles. The van der Waals surface area contributed by atoms with Crippen LogP contribution in [0, 0.1) is 11.3 Å². The third kappa shape index (κ3) is 1.95. The van der Waals surface area contributed by atoms with Gasteiger partial charge in [-0.05, 0) is 33.6 Å². The molecule has 56 valence electrons. The van der Waals surface area contributed by atoms with Gasteiger partial charge in [0, 0.05) is 0 Å². The first-order chi connectivity index (χ1) is 5.24. The summed E-state index contributed by atoms with van der Waals surface area (Å²) in [4.78, 5) is 0. The van der Waals surface area contributed by atoms with Crippen LogP contribution in [0.15, 0.2) is 22.7 Å². The number of rotatable bonds is 1. The van der Waals surface area contributed by atoms with Crippen molar-refractivity contribution in [3.63, 3.8) is 0 Å². The van der Waals surface area contributed by atoms with Crippen LogP contribution in [0.25, 0.3) is 0 Å². The molecular formula is C8H6BrNO. The van der Waals surface area contributed by atoms with Crippen LogP contribution in [0.1, 0.15) is 5.56 Å². The van der Waals surface area contributed by atoms with E-state index >= 15 is 0 Å². The first-order valence-electron chi connectivity index (χ1n) is 3.08. The highest BCUT2D eigenvalue weighted by Crippen LogP contribution is 2.24. The summed E-state index contributed by atoms with van der Waals surface area (Å²) >= 11 is 3.16. The van der Waals surface area contributed by atoms with Crippen molar-refractivity contribution in [2.45, 2.75) is 6.42 Å². The summed E-state index contributed by atoms with van der Waals surface area (Å²) in [7, 11) is 0. The Balaban J connectivity index is 2.98. The van der Waals surface area contributed by atoms with E-state index < -0.39 is 0 Å². The molecule has 0 heterocycles. The fourth-order valence-corrected chi connectivity index (χ4v) is 1.18. The van der Waals surface area contributed by atoms with Gasteiger partial charge in [0.2, 0.25) is 0 Å². The van der Waals surface area contributed by atoms with Gasteiger partial charge in [-0.25, -0.2) is 0 Å². The van der Waals surface area contributed by atoms with Crippen molar-refractivity contribution in [3.05, 3.63) is 28.2 Å². The van der Waals surface area contributed by atoms with Crippen molar-refractivity contribution < 1.29 is 5.11 Å². The molecule has 2 nitrogen and oxygen atoms in total. The second-order valence-electron chi connectivity index (χ2n) is 2.12. The fourth-order valence-electron chi connectivity index (χ4n) is 0.752. The Bertz CT molecular complexity index is 303. The highest BCUT2D eigenvalue weighted by atomic mass is 79.9. The van der Waals surface area contributed by atoms with Crippen LogP contribution in [0.2, 0.25) is 0 Å². The molecule has 0 spiro atoms. The van der Waals surface area contributed by atoms with Gasteiger partial charge in [-0.2, -0.15) is 5.26 Å². The van der Waals surface area contributed by atoms with E-state index in [0.717, 1.165) is 5.56 Å². The number of phenolic OH excluding ortho intramolecular Hbond substituents is 1. The fraction of sp³-hybridized carbons (Fsp3) is 0.125. The quantitative estimate of drug-likeness (QED) is 0.775. The molecule has 1 N–H and O–H groups in total. The smallest absolute Gasteiger partial charge is 0.129 e. The molecule has 0 radical (unpaired) electrons. The molecule has 11 heavy (non-hydrogen) atoms. The SMILES string of the molecule is N#CCc1ccc(O)c(Br)c1. The zero-order valence-electron chi connectivity index (χ0n) is 5.71. The second-order valence-corrected chi connectivity index (χ2v) is 2.97. The largest absolute Gasteiger partial charge is 0.507 e. The Kier molecular flexibility index (Phi) is 2.50. The van der Waals surface area contributed by atoms with E-state index in [0.29, 0.717) is 10.9 Å². The molecule has 0 saturated carbocycles. The summed E-state index contributed by atoms with van der Waals surface area (Å²) in [5, 5.41) is 17.4. The highest BCUT2D eigenvalue weighted by Gasteiger charge is 1.97. The van der Waals surface area contributed by atoms with E-state index in [1.54, 1.807) is 18.2 Å². The summed E-state index contributed by atoms with van der Waals surface area (Å²) in [5.74, 6) is 0.201. The number of nitriles is 1. The van der Waals surface area contributed by atoms with Crippen LogP contribution < -0.4 is 0 Å². The lowest BCUT2D eigenvalue weighted by Gasteiger charge is -1.97. The zero-order chi connectivity index (χ0) is 8.27. The predicted molar refractivity (Wildman–Crippen MR) is 45.1 cm³/mol. The maximum Gasteiger partial charge on any atom is 0.129 e. The summed E-state index contributed by atoms with van der Waals surface area (Å²) < 4.78 is 0.630. The Morgan fingerprint density at radius 3 is 2.82 bits per heavy atom. The average Bonchev–Trinajstić information content (AvgIpc) is 1.98. The standard InChI is InChI=1S/C8H6BrNO/c9-7-5-6(3-4-10)1-2-8(7)11/h1-2,5,11H,3H2. The molecular weight excluding hydrogens is 206 g/mol. The molecule has 1 rings (SSSR count). The molecule has 1 aromatic rings. The number of aromatic hydroxyl groups is 1. The maximum atomic E-state index is 9.08. The molecule has 0 aliphatic rings. The summed E-state index contributed by atoms with van der Waals surface area (Å²) in [6, 6.07) is 7.05. The molecule has 1 aromatic carbocycles. The monoisotopic (exact) mass is 211 g/mol. The molecule has 0 saturated heterocycles. The van der Waals surface area contributed by atoms with Gasteiger partial charge in [-0.1, -0.05) is 6.07 Å². The number of benzene rings is 1. The van der Waals surface area contributed by atoms with Crippen molar-refractivity contribution >= 4 is 15.9 Å². The van der Waals surface area contributed by atoms with Crippen molar-refractivity contribution in [3.8, 4) is 11.8 Å². The Hall–Kier alpha value is -1.01. The zero-order valence-corrected chi connectivity index (χ0v) is 7.30. The van der Waals surface area contributed by atoms with Crippen molar-refractivity contribution in [2.24, 2.45) is 0 Å². The summed E-state index contributed by atoms with van der Waals surface area (Å²) in [6.07, 6.45) is 0.374. The molecule has 3 heteroatoms. The minimum absolute atomic E-state index is 0.201. The molecule has 0 amide bonds. The van der Waals surface area contributed by atoms with Crippen molar-refractivity contribution in [1.82, 2.24) is 0 Å². The lowest BCUT2D eigenvalue weighted by Crippen LogP contribution is -1.80. The van der Waals surface area contributed by atoms with E-state index in [9.17, 15) is 0 Å². The third-order valence-corrected chi connectivity index (χ3v) is 1.93. The molecule has 0 fully saturated rings. The molecule has 0 bridgehead atoms. The summed E-state index contributed by atoms with van der Waals surface area (Å²) in [5.41, 5.74) is 0.900. The summed E-state index contributed by atoms with van der Waals surface area (Å²) in [6.45, 7) is 0. The molecule has 0 aliphatic heterocycles. The Labute approximate surface area is 73.2 Å². The highest BCUT2D eigenvalue weighted by molar-refractivity contribution is 9.10. The van der Waals surface area contributed by atoms with Crippen molar-refractivity contribution in [1.29, 1.82) is 5.26 Å². The van der Waals surface area contributed by atoms with Gasteiger partial charge < -0.3 is 5.11 Å². The van der Waals surface area contributed by atoms with Gasteiger partial charge in [0.25, 0.3) is 0 Å². The molecule has 0 atom stereocenters. The first-order valence-corrected chi connectivity index (χ1v) is 3.87. The lowest BCUT2D eigenvalue weighted by molar-refractivity contribution is 0.471. The number of hydrogen-bond donors (Lipinski definition) is 1. The predicted octanol–water partition coefficient (Wildman–Crippen LogP) is 2.22. The first kappa shape index (κ1) is 8.09. The van der Waals surface area contributed by atoms with Gasteiger partial charge in [-0.3, -0.25) is 0 Å². The van der Waals surface area contributed by atoms with Crippen LogP contribution in [-0.2, 0) is 6.42 Å². The van der Waals surface area contributed by atoms with Gasteiger partial charge in [0.1, 0.15) is 5.75 Å². The third-order valence-electron chi connectivity index (χ3n) is 1.30. The minimum Gasteiger partial charge on any atom is -0.507 e. The van der Waals surface area contributed by atoms with Crippen LogP contribution in [0.5, 0.6) is 5.75 Å². The maximum absolute atomic E-state index is 9.08. The lowest BCUT2D eigenvalue weighted by atomic mass is 10.2. The molecule has 0 aliphatic carbocycles. The van der Waals surface area contributed by atoms with Gasteiger partial charge in [-0.15, -0.1) is 0 Å². The number of halogens is 1. The number of phenols is 1. The topological polar surface area (TPSA) is 44.0 Å². The van der Waals surface area contributed by atoms with E-state index in [4.69, 9.17) is 10.4 Å². The normalized spacial score (nSPS) is 9.09. The Morgan fingerprint density at radius 1 is 1.55 bits per heavy atom. The second kappa shape index (κ2) is 3.40. The van der Waals surface area contributed by atoms with Gasteiger partial charge in [0.15, 0.2) is 0 Å².